The van der Waals surface area contributed by atoms with E-state index >= 15 is 0 Å². The molecule has 0 fully saturated rings. The zero-order valence-corrected chi connectivity index (χ0v) is 19.3. The van der Waals surface area contributed by atoms with Gasteiger partial charge < -0.3 is 0 Å². The second-order valence-corrected chi connectivity index (χ2v) is 9.23. The van der Waals surface area contributed by atoms with Crippen molar-refractivity contribution in [2.75, 3.05) is 11.9 Å². The Bertz CT molecular complexity index is 1270. The summed E-state index contributed by atoms with van der Waals surface area (Å²) >= 11 is -0.165. The third kappa shape index (κ3) is 4.01. The number of nitrogens with one attached hydrogen (secondary N) is 2. The summed E-state index contributed by atoms with van der Waals surface area (Å²) in [5.74, 6) is -0.862. The molecule has 2 aromatic heterocycles. The Morgan fingerprint density at radius 2 is 2.03 bits per heavy atom. The Morgan fingerprint density at radius 3 is 2.69 bits per heavy atom. The van der Waals surface area contributed by atoms with Gasteiger partial charge in [-0.1, -0.05) is 0 Å². The van der Waals surface area contributed by atoms with Gasteiger partial charge in [0.05, 0.1) is 0 Å². The summed E-state index contributed by atoms with van der Waals surface area (Å²) in [7, 11) is 0. The van der Waals surface area contributed by atoms with Crippen LogP contribution >= 0.6 is 0 Å². The van der Waals surface area contributed by atoms with E-state index in [1.54, 1.807) is 26.0 Å². The Balaban J connectivity index is 1.84. The van der Waals surface area contributed by atoms with Crippen molar-refractivity contribution in [3.63, 3.8) is 0 Å². The summed E-state index contributed by atoms with van der Waals surface area (Å²) in [5.41, 5.74) is 2.70. The molecule has 1 unspecified atom stereocenters. The molecular weight excluding hydrogens is 473 g/mol. The molecule has 0 saturated carbocycles. The Hall–Kier alpha value is -3.53. The number of hydrogen-bond donors (Lipinski definition) is 2. The quantitative estimate of drug-likeness (QED) is 0.403. The molecule has 1 atom stereocenters. The SMILES string of the molecule is CCOC(=O)C1=C(C)Nc2c(C#N)c([Se]Cc3ccccc3)[nH]c(=O)c2C1c1ccco1. The number of rotatable bonds is 6. The first kappa shape index (κ1) is 21.7. The van der Waals surface area contributed by atoms with Crippen molar-refractivity contribution in [1.82, 2.24) is 4.98 Å². The summed E-state index contributed by atoms with van der Waals surface area (Å²) in [4.78, 5) is 29.0. The molecule has 1 aliphatic heterocycles. The third-order valence-corrected chi connectivity index (χ3v) is 7.42. The van der Waals surface area contributed by atoms with Gasteiger partial charge in [-0.25, -0.2) is 0 Å². The van der Waals surface area contributed by atoms with Gasteiger partial charge in [0.2, 0.25) is 0 Å². The van der Waals surface area contributed by atoms with Crippen molar-refractivity contribution >= 4 is 31.2 Å². The maximum absolute atomic E-state index is 13.3. The van der Waals surface area contributed by atoms with Crippen LogP contribution in [0.25, 0.3) is 0 Å². The number of pyridine rings is 1. The summed E-state index contributed by atoms with van der Waals surface area (Å²) in [6, 6.07) is 15.6. The van der Waals surface area contributed by atoms with Crippen LogP contribution < -0.4 is 15.5 Å². The summed E-state index contributed by atoms with van der Waals surface area (Å²) in [6.45, 7) is 3.66. The number of esters is 1. The molecule has 0 amide bonds. The molecule has 0 radical (unpaired) electrons. The maximum atomic E-state index is 13.3. The van der Waals surface area contributed by atoms with E-state index in [0.29, 0.717) is 32.9 Å². The van der Waals surface area contributed by atoms with E-state index in [0.717, 1.165) is 10.9 Å². The Morgan fingerprint density at radius 1 is 1.25 bits per heavy atom. The monoisotopic (exact) mass is 495 g/mol. The molecule has 0 spiro atoms. The fraction of sp³-hybridized carbons (Fsp3) is 0.208. The molecule has 162 valence electrons. The number of benzene rings is 1. The van der Waals surface area contributed by atoms with E-state index < -0.39 is 11.9 Å². The van der Waals surface area contributed by atoms with E-state index in [9.17, 15) is 14.9 Å². The predicted octanol–water partition coefficient (Wildman–Crippen LogP) is 2.76. The Labute approximate surface area is 191 Å². The number of hydrogen-bond acceptors (Lipinski definition) is 6. The van der Waals surface area contributed by atoms with Crippen LogP contribution in [0, 0.1) is 11.3 Å². The molecule has 1 aliphatic rings. The molecular formula is C24H21N3O4Se. The first-order valence-electron chi connectivity index (χ1n) is 10.1. The molecule has 0 aliphatic carbocycles. The predicted molar refractivity (Wildman–Crippen MR) is 121 cm³/mol. The molecule has 3 aromatic rings. The van der Waals surface area contributed by atoms with Gasteiger partial charge in [0.25, 0.3) is 0 Å². The van der Waals surface area contributed by atoms with Crippen molar-refractivity contribution in [2.24, 2.45) is 0 Å². The molecule has 7 nitrogen and oxygen atoms in total. The molecule has 3 heterocycles. The van der Waals surface area contributed by atoms with Gasteiger partial charge in [0, 0.05) is 0 Å². The number of nitrogens with zero attached hydrogens (tertiary/aromatic N) is 1. The number of allylic oxidation sites excluding steroid dienone is 1. The number of carbonyl (C=O) groups is 1. The van der Waals surface area contributed by atoms with Crippen LogP contribution in [0.5, 0.6) is 0 Å². The zero-order chi connectivity index (χ0) is 22.7. The Kier molecular flexibility index (Phi) is 6.31. The number of aromatic nitrogens is 1. The van der Waals surface area contributed by atoms with Gasteiger partial charge in [-0.05, 0) is 0 Å². The number of carbonyl (C=O) groups excluding carboxylic acids is 1. The van der Waals surface area contributed by atoms with Crippen molar-refractivity contribution in [3.8, 4) is 6.07 Å². The topological polar surface area (TPSA) is 108 Å². The van der Waals surface area contributed by atoms with Gasteiger partial charge in [0.1, 0.15) is 0 Å². The van der Waals surface area contributed by atoms with E-state index in [-0.39, 0.29) is 32.7 Å². The first-order chi connectivity index (χ1) is 15.5. The van der Waals surface area contributed by atoms with Crippen LogP contribution in [0.2, 0.25) is 0 Å². The summed E-state index contributed by atoms with van der Waals surface area (Å²) < 4.78 is 11.5. The van der Waals surface area contributed by atoms with Crippen molar-refractivity contribution in [1.29, 1.82) is 5.26 Å². The summed E-state index contributed by atoms with van der Waals surface area (Å²) in [6.07, 6.45) is 1.49. The number of anilines is 1. The normalized spacial score (nSPS) is 15.0. The number of nitriles is 1. The first-order valence-corrected chi connectivity index (χ1v) is 12.2. The second kappa shape index (κ2) is 9.31. The van der Waals surface area contributed by atoms with Crippen molar-refractivity contribution in [3.05, 3.63) is 92.8 Å². The van der Waals surface area contributed by atoms with E-state index in [4.69, 9.17) is 9.15 Å². The van der Waals surface area contributed by atoms with Crippen LogP contribution in [0.4, 0.5) is 5.69 Å². The molecule has 0 saturated heterocycles. The van der Waals surface area contributed by atoms with E-state index in [1.807, 2.05) is 30.3 Å². The van der Waals surface area contributed by atoms with Crippen molar-refractivity contribution < 1.29 is 13.9 Å². The molecule has 8 heteroatoms. The van der Waals surface area contributed by atoms with E-state index in [2.05, 4.69) is 16.4 Å². The van der Waals surface area contributed by atoms with Crippen LogP contribution in [0.1, 0.15) is 42.2 Å². The minimum atomic E-state index is -0.771. The third-order valence-electron chi connectivity index (χ3n) is 5.17. The molecule has 2 N–H and O–H groups in total. The number of aromatic amines is 1. The van der Waals surface area contributed by atoms with Crippen LogP contribution in [0.15, 0.2) is 69.2 Å². The number of H-pyrrole nitrogens is 1. The van der Waals surface area contributed by atoms with Gasteiger partial charge in [-0.3, -0.25) is 0 Å². The van der Waals surface area contributed by atoms with Gasteiger partial charge in [0.15, 0.2) is 0 Å². The molecule has 32 heavy (non-hydrogen) atoms. The second-order valence-electron chi connectivity index (χ2n) is 7.17. The van der Waals surface area contributed by atoms with Gasteiger partial charge in [-0.2, -0.15) is 0 Å². The fourth-order valence-electron chi connectivity index (χ4n) is 3.78. The molecule has 1 aromatic carbocycles. The van der Waals surface area contributed by atoms with E-state index in [1.165, 1.54) is 6.26 Å². The standard InChI is InChI=1S/C24H21N3O4Se/c1-3-30-24(29)18-14(2)26-21-16(12-25)23(32-13-15-8-5-4-6-9-15)27-22(28)20(21)19(18)17-10-7-11-31-17/h4-11,19,26H,3,13H2,1-2H3,(H,27,28). The average molecular weight is 494 g/mol. The number of fused-ring (bicyclic) bond motifs is 1. The molecule has 0 bridgehead atoms. The zero-order valence-electron chi connectivity index (χ0n) is 17.6. The van der Waals surface area contributed by atoms with Crippen LogP contribution in [-0.4, -0.2) is 32.5 Å². The average Bonchev–Trinajstić information content (AvgIpc) is 3.32. The minimum absolute atomic E-state index is 0.165. The fourth-order valence-corrected chi connectivity index (χ4v) is 5.80. The van der Waals surface area contributed by atoms with Crippen LogP contribution in [0.3, 0.4) is 0 Å². The van der Waals surface area contributed by atoms with Crippen molar-refractivity contribution in [2.45, 2.75) is 25.1 Å². The number of furan rings is 1. The van der Waals surface area contributed by atoms with Crippen LogP contribution in [-0.2, 0) is 14.9 Å². The van der Waals surface area contributed by atoms with Gasteiger partial charge >= 0.3 is 191 Å². The summed E-state index contributed by atoms with van der Waals surface area (Å²) in [5, 5.41) is 13.9. The molecule has 4 rings (SSSR count). The number of ether oxygens (including phenoxy) is 1. The van der Waals surface area contributed by atoms with Gasteiger partial charge in [-0.15, -0.1) is 0 Å².